The summed E-state index contributed by atoms with van der Waals surface area (Å²) in [4.78, 5) is 27.1. The Morgan fingerprint density at radius 3 is 2.33 bits per heavy atom. The molecule has 2 amide bonds. The van der Waals surface area contributed by atoms with Gasteiger partial charge in [0.15, 0.2) is 0 Å². The number of nitrogens with zero attached hydrogens (tertiary/aromatic N) is 2. The van der Waals surface area contributed by atoms with E-state index in [0.717, 1.165) is 11.1 Å². The Morgan fingerprint density at radius 1 is 1.03 bits per heavy atom. The molecule has 2 aromatic carbocycles. The molecule has 0 heterocycles. The fourth-order valence-electron chi connectivity index (χ4n) is 3.68. The molecule has 0 fully saturated rings. The van der Waals surface area contributed by atoms with Crippen molar-refractivity contribution in [3.63, 3.8) is 0 Å². The van der Waals surface area contributed by atoms with E-state index in [1.54, 1.807) is 17.9 Å². The number of carbonyl (C=O) groups excluding carboxylic acids is 2. The normalized spacial score (nSPS) is 12.1. The minimum Gasteiger partial charge on any atom is -0.355 e. The molecule has 2 rings (SSSR count). The topological polar surface area (TPSA) is 86.8 Å². The van der Waals surface area contributed by atoms with Crippen LogP contribution in [0.4, 0.5) is 5.69 Å². The van der Waals surface area contributed by atoms with Gasteiger partial charge in [0.25, 0.3) is 0 Å². The number of rotatable bonds is 12. The number of carbonyl (C=O) groups is 2. The molecule has 0 saturated carbocycles. The van der Waals surface area contributed by atoms with E-state index in [4.69, 9.17) is 0 Å². The van der Waals surface area contributed by atoms with Crippen molar-refractivity contribution < 1.29 is 18.0 Å². The summed E-state index contributed by atoms with van der Waals surface area (Å²) in [7, 11) is -3.49. The van der Waals surface area contributed by atoms with Crippen LogP contribution in [0.15, 0.2) is 54.6 Å². The first-order valence-corrected chi connectivity index (χ1v) is 13.1. The quantitative estimate of drug-likeness (QED) is 0.513. The van der Waals surface area contributed by atoms with Crippen LogP contribution in [0.2, 0.25) is 0 Å². The minimum absolute atomic E-state index is 0.149. The summed E-state index contributed by atoms with van der Waals surface area (Å²) >= 11 is 0. The Balaban J connectivity index is 2.08. The van der Waals surface area contributed by atoms with Gasteiger partial charge in [-0.2, -0.15) is 0 Å². The standard InChI is InChI=1S/C25H35N3O4S/c1-5-26-25(30)21(3)27(18-16-22-12-7-6-8-13-22)24(29)15-10-17-28(33(4,31)32)23-14-9-11-20(2)19-23/h6-9,11-14,19,21H,5,10,15-18H2,1-4H3,(H,26,30)/t21-/m0/s1. The second kappa shape index (κ2) is 12.4. The first-order valence-electron chi connectivity index (χ1n) is 11.3. The molecule has 2 aromatic rings. The van der Waals surface area contributed by atoms with Gasteiger partial charge < -0.3 is 10.2 Å². The fraction of sp³-hybridized carbons (Fsp3) is 0.440. The van der Waals surface area contributed by atoms with Gasteiger partial charge in [-0.3, -0.25) is 13.9 Å². The monoisotopic (exact) mass is 473 g/mol. The summed E-state index contributed by atoms with van der Waals surface area (Å²) in [5.41, 5.74) is 2.63. The zero-order valence-corrected chi connectivity index (χ0v) is 20.8. The van der Waals surface area contributed by atoms with Crippen molar-refractivity contribution in [3.05, 3.63) is 65.7 Å². The van der Waals surface area contributed by atoms with Crippen LogP contribution in [0.25, 0.3) is 0 Å². The highest BCUT2D eigenvalue weighted by molar-refractivity contribution is 7.92. The Hall–Kier alpha value is -2.87. The van der Waals surface area contributed by atoms with E-state index in [1.165, 1.54) is 10.6 Å². The number of aryl methyl sites for hydroxylation is 1. The van der Waals surface area contributed by atoms with Crippen LogP contribution >= 0.6 is 0 Å². The van der Waals surface area contributed by atoms with Crippen LogP contribution in [-0.4, -0.2) is 57.1 Å². The maximum absolute atomic E-state index is 13.1. The third-order valence-corrected chi connectivity index (χ3v) is 6.64. The molecular formula is C25H35N3O4S. The van der Waals surface area contributed by atoms with Crippen LogP contribution in [0.3, 0.4) is 0 Å². The van der Waals surface area contributed by atoms with Crippen molar-refractivity contribution in [3.8, 4) is 0 Å². The van der Waals surface area contributed by atoms with E-state index >= 15 is 0 Å². The number of anilines is 1. The molecule has 0 saturated heterocycles. The van der Waals surface area contributed by atoms with E-state index in [9.17, 15) is 18.0 Å². The minimum atomic E-state index is -3.49. The number of sulfonamides is 1. The highest BCUT2D eigenvalue weighted by Gasteiger charge is 2.26. The summed E-state index contributed by atoms with van der Waals surface area (Å²) in [6.07, 6.45) is 2.30. The molecule has 180 valence electrons. The Morgan fingerprint density at radius 2 is 1.73 bits per heavy atom. The van der Waals surface area contributed by atoms with Gasteiger partial charge in [-0.1, -0.05) is 42.5 Å². The first-order chi connectivity index (χ1) is 15.6. The highest BCUT2D eigenvalue weighted by Crippen LogP contribution is 2.20. The number of amides is 2. The second-order valence-corrected chi connectivity index (χ2v) is 10.1. The molecule has 0 aliphatic heterocycles. The van der Waals surface area contributed by atoms with E-state index in [-0.39, 0.29) is 24.8 Å². The number of hydrogen-bond acceptors (Lipinski definition) is 4. The number of likely N-dealkylation sites (N-methyl/N-ethyl adjacent to an activating group) is 1. The van der Waals surface area contributed by atoms with Gasteiger partial charge in [-0.25, -0.2) is 8.42 Å². The van der Waals surface area contributed by atoms with Crippen molar-refractivity contribution in [1.82, 2.24) is 10.2 Å². The Kier molecular flexibility index (Phi) is 9.91. The molecule has 0 aliphatic rings. The average molecular weight is 474 g/mol. The van der Waals surface area contributed by atoms with Crippen LogP contribution in [-0.2, 0) is 26.0 Å². The molecule has 1 atom stereocenters. The van der Waals surface area contributed by atoms with E-state index < -0.39 is 16.1 Å². The summed E-state index contributed by atoms with van der Waals surface area (Å²) in [6.45, 7) is 6.56. The van der Waals surface area contributed by atoms with Gasteiger partial charge in [0.05, 0.1) is 11.9 Å². The number of benzene rings is 2. The van der Waals surface area contributed by atoms with Crippen LogP contribution in [0.5, 0.6) is 0 Å². The molecule has 33 heavy (non-hydrogen) atoms. The SMILES string of the molecule is CCNC(=O)[C@H](C)N(CCc1ccccc1)C(=O)CCCN(c1cccc(C)c1)S(C)(=O)=O. The van der Waals surface area contributed by atoms with Crippen molar-refractivity contribution in [2.24, 2.45) is 0 Å². The lowest BCUT2D eigenvalue weighted by molar-refractivity contribution is -0.139. The lowest BCUT2D eigenvalue weighted by atomic mass is 10.1. The Labute approximate surface area is 197 Å². The number of hydrogen-bond donors (Lipinski definition) is 1. The predicted molar refractivity (Wildman–Crippen MR) is 133 cm³/mol. The third kappa shape index (κ3) is 8.20. The molecule has 8 heteroatoms. The summed E-state index contributed by atoms with van der Waals surface area (Å²) in [5.74, 6) is -0.362. The average Bonchev–Trinajstić information content (AvgIpc) is 2.76. The molecule has 0 bridgehead atoms. The molecular weight excluding hydrogens is 438 g/mol. The molecule has 0 spiro atoms. The molecule has 0 aromatic heterocycles. The second-order valence-electron chi connectivity index (χ2n) is 8.17. The lowest BCUT2D eigenvalue weighted by Gasteiger charge is -2.29. The molecule has 1 N–H and O–H groups in total. The highest BCUT2D eigenvalue weighted by atomic mass is 32.2. The van der Waals surface area contributed by atoms with Crippen LogP contribution in [0.1, 0.15) is 37.8 Å². The molecule has 7 nitrogen and oxygen atoms in total. The van der Waals surface area contributed by atoms with Gasteiger partial charge in [0.1, 0.15) is 6.04 Å². The first kappa shape index (κ1) is 26.4. The van der Waals surface area contributed by atoms with Crippen molar-refractivity contribution in [2.45, 2.75) is 46.1 Å². The molecule has 0 radical (unpaired) electrons. The molecule has 0 unspecified atom stereocenters. The van der Waals surface area contributed by atoms with E-state index in [0.29, 0.717) is 31.6 Å². The summed E-state index contributed by atoms with van der Waals surface area (Å²) in [6, 6.07) is 16.5. The van der Waals surface area contributed by atoms with Gasteiger partial charge >= 0.3 is 0 Å². The fourth-order valence-corrected chi connectivity index (χ4v) is 4.64. The van der Waals surface area contributed by atoms with Crippen molar-refractivity contribution in [2.75, 3.05) is 30.2 Å². The van der Waals surface area contributed by atoms with Crippen molar-refractivity contribution in [1.29, 1.82) is 0 Å². The maximum atomic E-state index is 13.1. The predicted octanol–water partition coefficient (Wildman–Crippen LogP) is 3.14. The van der Waals surface area contributed by atoms with Crippen LogP contribution < -0.4 is 9.62 Å². The summed E-state index contributed by atoms with van der Waals surface area (Å²) < 4.78 is 26.0. The smallest absolute Gasteiger partial charge is 0.242 e. The van der Waals surface area contributed by atoms with Gasteiger partial charge in [-0.05, 0) is 56.9 Å². The number of nitrogens with one attached hydrogen (secondary N) is 1. The summed E-state index contributed by atoms with van der Waals surface area (Å²) in [5, 5.41) is 2.78. The van der Waals surface area contributed by atoms with Gasteiger partial charge in [0.2, 0.25) is 21.8 Å². The van der Waals surface area contributed by atoms with Crippen LogP contribution in [0, 0.1) is 6.92 Å². The lowest BCUT2D eigenvalue weighted by Crippen LogP contribution is -2.48. The van der Waals surface area contributed by atoms with E-state index in [2.05, 4.69) is 5.32 Å². The third-order valence-electron chi connectivity index (χ3n) is 5.44. The largest absolute Gasteiger partial charge is 0.355 e. The maximum Gasteiger partial charge on any atom is 0.242 e. The zero-order valence-electron chi connectivity index (χ0n) is 20.0. The Bertz CT molecular complexity index is 1020. The van der Waals surface area contributed by atoms with Crippen molar-refractivity contribution >= 4 is 27.5 Å². The van der Waals surface area contributed by atoms with Gasteiger partial charge in [0, 0.05) is 26.1 Å². The zero-order chi connectivity index (χ0) is 24.4. The van der Waals surface area contributed by atoms with E-state index in [1.807, 2.05) is 62.4 Å². The van der Waals surface area contributed by atoms with Gasteiger partial charge in [-0.15, -0.1) is 0 Å². The molecule has 0 aliphatic carbocycles.